The van der Waals surface area contributed by atoms with Crippen molar-refractivity contribution >= 4 is 28.8 Å². The zero-order valence-corrected chi connectivity index (χ0v) is 17.1. The topological polar surface area (TPSA) is 71.1 Å². The predicted octanol–water partition coefficient (Wildman–Crippen LogP) is 4.08. The summed E-state index contributed by atoms with van der Waals surface area (Å²) >= 11 is 7.37. The van der Waals surface area contributed by atoms with Crippen LogP contribution < -0.4 is 4.74 Å². The Bertz CT molecular complexity index is 971. The molecule has 28 heavy (non-hydrogen) atoms. The van der Waals surface area contributed by atoms with Crippen LogP contribution in [-0.2, 0) is 6.42 Å². The molecule has 0 spiro atoms. The van der Waals surface area contributed by atoms with Crippen molar-refractivity contribution in [3.05, 3.63) is 62.8 Å². The van der Waals surface area contributed by atoms with Crippen LogP contribution in [0.5, 0.6) is 5.75 Å². The van der Waals surface area contributed by atoms with Gasteiger partial charge in [-0.25, -0.2) is 4.98 Å². The fourth-order valence-corrected chi connectivity index (χ4v) is 4.34. The van der Waals surface area contributed by atoms with Crippen molar-refractivity contribution in [3.8, 4) is 5.75 Å². The number of thiazole rings is 1. The van der Waals surface area contributed by atoms with E-state index < -0.39 is 0 Å². The minimum atomic E-state index is 0.0770. The van der Waals surface area contributed by atoms with Gasteiger partial charge in [0.2, 0.25) is 0 Å². The Morgan fingerprint density at radius 3 is 3.11 bits per heavy atom. The molecule has 1 aliphatic rings. The molecule has 146 valence electrons. The second-order valence-corrected chi connectivity index (χ2v) is 8.17. The Kier molecular flexibility index (Phi) is 5.64. The number of hydrogen-bond donors (Lipinski definition) is 1. The van der Waals surface area contributed by atoms with Gasteiger partial charge in [-0.3, -0.25) is 9.89 Å². The van der Waals surface area contributed by atoms with Crippen LogP contribution in [-0.4, -0.2) is 45.7 Å². The highest BCUT2D eigenvalue weighted by molar-refractivity contribution is 7.11. The zero-order valence-electron chi connectivity index (χ0n) is 15.5. The molecule has 6 nitrogen and oxygen atoms in total. The average molecular weight is 417 g/mol. The number of likely N-dealkylation sites (tertiary alicyclic amines) is 1. The van der Waals surface area contributed by atoms with Crippen LogP contribution in [0.15, 0.2) is 35.8 Å². The summed E-state index contributed by atoms with van der Waals surface area (Å²) in [5, 5.41) is 8.22. The molecule has 2 aromatic heterocycles. The van der Waals surface area contributed by atoms with Crippen LogP contribution >= 0.6 is 22.9 Å². The number of aromatic nitrogens is 3. The summed E-state index contributed by atoms with van der Waals surface area (Å²) in [5.41, 5.74) is 4.57. The van der Waals surface area contributed by atoms with E-state index in [-0.39, 0.29) is 11.8 Å². The molecule has 3 heterocycles. The first kappa shape index (κ1) is 19.0. The summed E-state index contributed by atoms with van der Waals surface area (Å²) in [7, 11) is 0. The molecule has 0 radical (unpaired) electrons. The summed E-state index contributed by atoms with van der Waals surface area (Å²) in [4.78, 5) is 19.5. The van der Waals surface area contributed by atoms with Gasteiger partial charge in [0.25, 0.3) is 5.91 Å². The van der Waals surface area contributed by atoms with Crippen molar-refractivity contribution in [1.82, 2.24) is 20.1 Å². The number of carbonyl (C=O) groups excluding carboxylic acids is 1. The number of rotatable bonds is 6. The third-order valence-electron chi connectivity index (χ3n) is 4.92. The Balaban J connectivity index is 1.31. The lowest BCUT2D eigenvalue weighted by molar-refractivity contribution is 0.0794. The molecule has 1 amide bonds. The first-order valence-corrected chi connectivity index (χ1v) is 10.5. The Labute approximate surface area is 172 Å². The van der Waals surface area contributed by atoms with E-state index in [1.807, 2.05) is 30.0 Å². The fraction of sp³-hybridized carbons (Fsp3) is 0.350. The number of ether oxygens (including phenoxy) is 1. The lowest BCUT2D eigenvalue weighted by atomic mass is 10.0. The van der Waals surface area contributed by atoms with E-state index in [0.717, 1.165) is 47.1 Å². The molecular weight excluding hydrogens is 396 g/mol. The number of benzene rings is 1. The van der Waals surface area contributed by atoms with Gasteiger partial charge in [0.05, 0.1) is 23.5 Å². The van der Waals surface area contributed by atoms with E-state index in [2.05, 4.69) is 21.2 Å². The van der Waals surface area contributed by atoms with Crippen LogP contribution in [0.1, 0.15) is 39.1 Å². The number of aryl methyl sites for hydroxylation is 1. The summed E-state index contributed by atoms with van der Waals surface area (Å²) in [6.45, 7) is 3.87. The number of halogens is 1. The van der Waals surface area contributed by atoms with Crippen molar-refractivity contribution in [3.63, 3.8) is 0 Å². The van der Waals surface area contributed by atoms with Crippen molar-refractivity contribution in [2.45, 2.75) is 25.7 Å². The minimum Gasteiger partial charge on any atom is -0.493 e. The second-order valence-electron chi connectivity index (χ2n) is 6.88. The maximum atomic E-state index is 12.7. The molecule has 8 heteroatoms. The van der Waals surface area contributed by atoms with Crippen LogP contribution in [0.25, 0.3) is 0 Å². The van der Waals surface area contributed by atoms with Crippen LogP contribution in [0.4, 0.5) is 0 Å². The Hall–Kier alpha value is -2.38. The number of carbonyl (C=O) groups is 1. The highest BCUT2D eigenvalue weighted by Gasteiger charge is 2.30. The number of nitrogens with zero attached hydrogens (tertiary/aromatic N) is 3. The molecular formula is C20H21ClN4O2S. The molecule has 0 aliphatic carbocycles. The number of amides is 1. The van der Waals surface area contributed by atoms with Crippen LogP contribution in [0, 0.1) is 6.92 Å². The van der Waals surface area contributed by atoms with Gasteiger partial charge in [0.1, 0.15) is 10.6 Å². The average Bonchev–Trinajstić information content (AvgIpc) is 3.41. The fourth-order valence-electron chi connectivity index (χ4n) is 3.39. The van der Waals surface area contributed by atoms with Gasteiger partial charge in [0.15, 0.2) is 0 Å². The molecule has 1 saturated heterocycles. The third kappa shape index (κ3) is 4.20. The van der Waals surface area contributed by atoms with E-state index in [4.69, 9.17) is 16.3 Å². The maximum absolute atomic E-state index is 12.7. The van der Waals surface area contributed by atoms with E-state index in [1.54, 1.807) is 11.6 Å². The monoisotopic (exact) mass is 416 g/mol. The lowest BCUT2D eigenvalue weighted by Gasteiger charge is -2.15. The van der Waals surface area contributed by atoms with Crippen molar-refractivity contribution in [1.29, 1.82) is 0 Å². The summed E-state index contributed by atoms with van der Waals surface area (Å²) in [5.74, 6) is 1.10. The normalized spacial score (nSPS) is 16.5. The van der Waals surface area contributed by atoms with Crippen molar-refractivity contribution < 1.29 is 9.53 Å². The quantitative estimate of drug-likeness (QED) is 0.657. The number of nitrogens with one attached hydrogen (secondary N) is 1. The zero-order chi connectivity index (χ0) is 19.5. The van der Waals surface area contributed by atoms with Gasteiger partial charge in [-0.15, -0.1) is 11.3 Å². The molecule has 1 aliphatic heterocycles. The second kappa shape index (κ2) is 8.32. The molecule has 3 aromatic rings. The molecule has 4 rings (SSSR count). The standard InChI is InChI=1S/C20H21ClN4O2S/c1-13-19(28-12-22-13)20(26)25-7-5-14(11-25)18-10-16(23-24-18)6-8-27-17-4-2-3-15(21)9-17/h2-4,9-10,12,14H,5-8,11H2,1H3,(H,23,24). The molecule has 1 aromatic carbocycles. The van der Waals surface area contributed by atoms with Crippen molar-refractivity contribution in [2.24, 2.45) is 0 Å². The van der Waals surface area contributed by atoms with Crippen molar-refractivity contribution in [2.75, 3.05) is 19.7 Å². The van der Waals surface area contributed by atoms with E-state index in [1.165, 1.54) is 11.3 Å². The van der Waals surface area contributed by atoms with Crippen LogP contribution in [0.2, 0.25) is 5.02 Å². The molecule has 0 saturated carbocycles. The summed E-state index contributed by atoms with van der Waals surface area (Å²) in [6.07, 6.45) is 1.65. The van der Waals surface area contributed by atoms with E-state index in [9.17, 15) is 4.79 Å². The van der Waals surface area contributed by atoms with E-state index >= 15 is 0 Å². The highest BCUT2D eigenvalue weighted by atomic mass is 35.5. The van der Waals surface area contributed by atoms with E-state index in [0.29, 0.717) is 18.2 Å². The molecule has 1 unspecified atom stereocenters. The largest absolute Gasteiger partial charge is 0.493 e. The van der Waals surface area contributed by atoms with Crippen LogP contribution in [0.3, 0.4) is 0 Å². The first-order valence-electron chi connectivity index (χ1n) is 9.22. The first-order chi connectivity index (χ1) is 13.6. The SMILES string of the molecule is Cc1ncsc1C(=O)N1CCC(c2cc(CCOc3cccc(Cl)c3)[nH]n2)C1. The molecule has 1 fully saturated rings. The van der Waals surface area contributed by atoms with Gasteiger partial charge >= 0.3 is 0 Å². The lowest BCUT2D eigenvalue weighted by Crippen LogP contribution is -2.28. The number of hydrogen-bond acceptors (Lipinski definition) is 5. The number of aromatic amines is 1. The van der Waals surface area contributed by atoms with Gasteiger partial charge in [0, 0.05) is 36.1 Å². The molecule has 0 bridgehead atoms. The van der Waals surface area contributed by atoms with Gasteiger partial charge in [-0.2, -0.15) is 5.10 Å². The summed E-state index contributed by atoms with van der Waals surface area (Å²) < 4.78 is 5.74. The Morgan fingerprint density at radius 2 is 2.32 bits per heavy atom. The minimum absolute atomic E-state index is 0.0770. The summed E-state index contributed by atoms with van der Waals surface area (Å²) in [6, 6.07) is 9.46. The van der Waals surface area contributed by atoms with Gasteiger partial charge in [-0.1, -0.05) is 17.7 Å². The molecule has 1 atom stereocenters. The number of H-pyrrole nitrogens is 1. The smallest absolute Gasteiger partial charge is 0.265 e. The highest BCUT2D eigenvalue weighted by Crippen LogP contribution is 2.28. The molecule has 1 N–H and O–H groups in total. The predicted molar refractivity (Wildman–Crippen MR) is 109 cm³/mol. The van der Waals surface area contributed by atoms with Gasteiger partial charge < -0.3 is 9.64 Å². The Morgan fingerprint density at radius 1 is 1.43 bits per heavy atom. The van der Waals surface area contributed by atoms with Gasteiger partial charge in [-0.05, 0) is 37.6 Å². The maximum Gasteiger partial charge on any atom is 0.265 e. The third-order valence-corrected chi connectivity index (χ3v) is 6.07.